The fourth-order valence-electron chi connectivity index (χ4n) is 3.00. The molecule has 5 nitrogen and oxygen atoms in total. The normalized spacial score (nSPS) is 21.1. The van der Waals surface area contributed by atoms with Crippen LogP contribution in [0.1, 0.15) is 29.6 Å². The van der Waals surface area contributed by atoms with Crippen LogP contribution in [0.3, 0.4) is 0 Å². The molecule has 0 spiro atoms. The largest absolute Gasteiger partial charge is 0.497 e. The summed E-state index contributed by atoms with van der Waals surface area (Å²) < 4.78 is 10.4. The van der Waals surface area contributed by atoms with E-state index in [4.69, 9.17) is 15.2 Å². The molecular weight excluding hydrogens is 268 g/mol. The van der Waals surface area contributed by atoms with E-state index in [1.165, 1.54) is 12.8 Å². The Morgan fingerprint density at radius 2 is 2.05 bits per heavy atom. The molecule has 2 unspecified atom stereocenters. The number of nitrogens with one attached hydrogen (secondary N) is 1. The zero-order valence-electron chi connectivity index (χ0n) is 12.7. The Bertz CT molecular complexity index is 490. The first kappa shape index (κ1) is 15.6. The van der Waals surface area contributed by atoms with Crippen molar-refractivity contribution in [3.05, 3.63) is 23.8 Å². The van der Waals surface area contributed by atoms with E-state index in [9.17, 15) is 4.79 Å². The summed E-state index contributed by atoms with van der Waals surface area (Å²) in [6.07, 6.45) is 3.50. The summed E-state index contributed by atoms with van der Waals surface area (Å²) in [5.74, 6) is 2.07. The fraction of sp³-hybridized carbons (Fsp3) is 0.562. The van der Waals surface area contributed by atoms with Crippen LogP contribution in [0.25, 0.3) is 0 Å². The molecule has 21 heavy (non-hydrogen) atoms. The molecule has 1 saturated carbocycles. The molecule has 0 bridgehead atoms. The maximum absolute atomic E-state index is 12.4. The van der Waals surface area contributed by atoms with Gasteiger partial charge in [0.15, 0.2) is 0 Å². The number of amides is 1. The van der Waals surface area contributed by atoms with Gasteiger partial charge in [-0.3, -0.25) is 4.79 Å². The topological polar surface area (TPSA) is 73.6 Å². The predicted octanol–water partition coefficient (Wildman–Crippen LogP) is 1.81. The fourth-order valence-corrected chi connectivity index (χ4v) is 3.00. The molecular formula is C16H24N2O3. The van der Waals surface area contributed by atoms with Crippen molar-refractivity contribution in [2.24, 2.45) is 17.6 Å². The van der Waals surface area contributed by atoms with Crippen molar-refractivity contribution in [2.75, 3.05) is 27.3 Å². The van der Waals surface area contributed by atoms with Gasteiger partial charge < -0.3 is 20.5 Å². The van der Waals surface area contributed by atoms with E-state index in [0.29, 0.717) is 42.0 Å². The molecule has 1 amide bonds. The molecule has 1 aliphatic rings. The number of carbonyl (C=O) groups is 1. The number of rotatable bonds is 6. The number of hydrogen-bond donors (Lipinski definition) is 2. The first-order valence-corrected chi connectivity index (χ1v) is 7.40. The maximum Gasteiger partial charge on any atom is 0.255 e. The van der Waals surface area contributed by atoms with E-state index in [1.807, 2.05) is 0 Å². The summed E-state index contributed by atoms with van der Waals surface area (Å²) in [5, 5.41) is 3.00. The minimum absolute atomic E-state index is 0.131. The van der Waals surface area contributed by atoms with E-state index in [0.717, 1.165) is 6.42 Å². The molecule has 3 N–H and O–H groups in total. The zero-order chi connectivity index (χ0) is 15.2. The van der Waals surface area contributed by atoms with Crippen molar-refractivity contribution < 1.29 is 14.3 Å². The van der Waals surface area contributed by atoms with Crippen LogP contribution in [-0.2, 0) is 0 Å². The van der Waals surface area contributed by atoms with Crippen LogP contribution in [0.4, 0.5) is 0 Å². The molecule has 0 radical (unpaired) electrons. The molecule has 2 atom stereocenters. The summed E-state index contributed by atoms with van der Waals surface area (Å²) in [4.78, 5) is 12.4. The highest BCUT2D eigenvalue weighted by atomic mass is 16.5. The van der Waals surface area contributed by atoms with Crippen LogP contribution in [0.2, 0.25) is 0 Å². The lowest BCUT2D eigenvalue weighted by molar-refractivity contribution is 0.0940. The molecule has 0 aliphatic heterocycles. The van der Waals surface area contributed by atoms with Crippen molar-refractivity contribution in [3.63, 3.8) is 0 Å². The number of hydrogen-bond acceptors (Lipinski definition) is 4. The number of carbonyl (C=O) groups excluding carboxylic acids is 1. The number of benzene rings is 1. The summed E-state index contributed by atoms with van der Waals surface area (Å²) in [5.41, 5.74) is 6.28. The van der Waals surface area contributed by atoms with Crippen LogP contribution in [0.5, 0.6) is 11.5 Å². The van der Waals surface area contributed by atoms with Gasteiger partial charge in [-0.15, -0.1) is 0 Å². The molecule has 1 aromatic rings. The van der Waals surface area contributed by atoms with Gasteiger partial charge in [0, 0.05) is 6.54 Å². The van der Waals surface area contributed by atoms with Crippen molar-refractivity contribution in [3.8, 4) is 11.5 Å². The molecule has 0 saturated heterocycles. The van der Waals surface area contributed by atoms with Crippen molar-refractivity contribution >= 4 is 5.91 Å². The first-order chi connectivity index (χ1) is 10.2. The predicted molar refractivity (Wildman–Crippen MR) is 81.8 cm³/mol. The van der Waals surface area contributed by atoms with Crippen LogP contribution >= 0.6 is 0 Å². The van der Waals surface area contributed by atoms with E-state index in [-0.39, 0.29) is 5.91 Å². The molecule has 0 aromatic heterocycles. The lowest BCUT2D eigenvalue weighted by Gasteiger charge is -2.18. The van der Waals surface area contributed by atoms with Gasteiger partial charge in [0.05, 0.1) is 19.8 Å². The van der Waals surface area contributed by atoms with Gasteiger partial charge in [0.2, 0.25) is 0 Å². The van der Waals surface area contributed by atoms with Crippen LogP contribution in [0.15, 0.2) is 18.2 Å². The summed E-state index contributed by atoms with van der Waals surface area (Å²) in [6.45, 7) is 1.37. The van der Waals surface area contributed by atoms with Gasteiger partial charge in [-0.05, 0) is 49.4 Å². The molecule has 1 aromatic carbocycles. The standard InChI is InChI=1S/C16H24N2O3/c1-20-13-6-7-15(21-2)14(8-13)16(19)18-10-12-5-3-4-11(12)9-17/h6-8,11-12H,3-5,9-10,17H2,1-2H3,(H,18,19). The van der Waals surface area contributed by atoms with Crippen LogP contribution < -0.4 is 20.5 Å². The average Bonchev–Trinajstić information content (AvgIpc) is 2.99. The second-order valence-corrected chi connectivity index (χ2v) is 5.46. The van der Waals surface area contributed by atoms with E-state index >= 15 is 0 Å². The highest BCUT2D eigenvalue weighted by Gasteiger charge is 2.26. The van der Waals surface area contributed by atoms with E-state index < -0.39 is 0 Å². The number of methoxy groups -OCH3 is 2. The Kier molecular flexibility index (Phi) is 5.44. The van der Waals surface area contributed by atoms with Gasteiger partial charge in [-0.1, -0.05) is 6.42 Å². The third-order valence-electron chi connectivity index (χ3n) is 4.30. The third kappa shape index (κ3) is 3.67. The highest BCUT2D eigenvalue weighted by Crippen LogP contribution is 2.30. The van der Waals surface area contributed by atoms with Gasteiger partial charge in [0.1, 0.15) is 11.5 Å². The third-order valence-corrected chi connectivity index (χ3v) is 4.30. The second kappa shape index (κ2) is 7.31. The summed E-state index contributed by atoms with van der Waals surface area (Å²) in [6, 6.07) is 5.21. The minimum Gasteiger partial charge on any atom is -0.497 e. The number of ether oxygens (including phenoxy) is 2. The Balaban J connectivity index is 2.02. The molecule has 5 heteroatoms. The van der Waals surface area contributed by atoms with Crippen molar-refractivity contribution in [1.82, 2.24) is 5.32 Å². The SMILES string of the molecule is COc1ccc(OC)c(C(=O)NCC2CCCC2CN)c1. The van der Waals surface area contributed by atoms with Crippen molar-refractivity contribution in [2.45, 2.75) is 19.3 Å². The molecule has 0 heterocycles. The monoisotopic (exact) mass is 292 g/mol. The van der Waals surface area contributed by atoms with E-state index in [1.54, 1.807) is 32.4 Å². The first-order valence-electron chi connectivity index (χ1n) is 7.40. The quantitative estimate of drug-likeness (QED) is 0.838. The van der Waals surface area contributed by atoms with Crippen LogP contribution in [-0.4, -0.2) is 33.2 Å². The molecule has 1 fully saturated rings. The number of nitrogens with two attached hydrogens (primary N) is 1. The smallest absolute Gasteiger partial charge is 0.255 e. The maximum atomic E-state index is 12.4. The Morgan fingerprint density at radius 1 is 1.29 bits per heavy atom. The summed E-state index contributed by atoms with van der Waals surface area (Å²) in [7, 11) is 3.13. The highest BCUT2D eigenvalue weighted by molar-refractivity contribution is 5.97. The lowest BCUT2D eigenvalue weighted by Crippen LogP contribution is -2.33. The van der Waals surface area contributed by atoms with Crippen molar-refractivity contribution in [1.29, 1.82) is 0 Å². The molecule has 116 valence electrons. The summed E-state index contributed by atoms with van der Waals surface area (Å²) >= 11 is 0. The van der Waals surface area contributed by atoms with E-state index in [2.05, 4.69) is 5.32 Å². The van der Waals surface area contributed by atoms with Gasteiger partial charge in [-0.2, -0.15) is 0 Å². The minimum atomic E-state index is -0.131. The Labute approximate surface area is 125 Å². The Morgan fingerprint density at radius 3 is 2.71 bits per heavy atom. The van der Waals surface area contributed by atoms with Gasteiger partial charge in [-0.25, -0.2) is 0 Å². The van der Waals surface area contributed by atoms with Gasteiger partial charge >= 0.3 is 0 Å². The second-order valence-electron chi connectivity index (χ2n) is 5.46. The zero-order valence-corrected chi connectivity index (χ0v) is 12.7. The van der Waals surface area contributed by atoms with Crippen LogP contribution in [0, 0.1) is 11.8 Å². The van der Waals surface area contributed by atoms with Gasteiger partial charge in [0.25, 0.3) is 5.91 Å². The lowest BCUT2D eigenvalue weighted by atomic mass is 9.96. The average molecular weight is 292 g/mol. The molecule has 2 rings (SSSR count). The Hall–Kier alpha value is -1.75. The molecule has 1 aliphatic carbocycles.